The number of benzene rings is 1. The van der Waals surface area contributed by atoms with Crippen molar-refractivity contribution >= 4 is 19.9 Å². The summed E-state index contributed by atoms with van der Waals surface area (Å²) in [6.07, 6.45) is 16.1. The van der Waals surface area contributed by atoms with Crippen molar-refractivity contribution in [2.24, 2.45) is 0 Å². The molecule has 2 heterocycles. The first kappa shape index (κ1) is 47.5. The summed E-state index contributed by atoms with van der Waals surface area (Å²) >= 11 is 0. The molecule has 0 fully saturated rings. The van der Waals surface area contributed by atoms with Crippen LogP contribution in [0.5, 0.6) is 0 Å². The van der Waals surface area contributed by atoms with E-state index in [9.17, 15) is 27.7 Å². The number of nitrogen functional groups attached to an aromatic ring is 1. The Morgan fingerprint density at radius 2 is 1.39 bits per heavy atom. The molecular weight excluding hydrogens is 749 g/mol. The molecule has 3 N–H and O–H groups in total. The molecule has 2 aromatic heterocycles. The molecule has 0 aliphatic carbocycles. The molecule has 0 aliphatic rings. The van der Waals surface area contributed by atoms with Gasteiger partial charge in [-0.05, 0) is 61.6 Å². The van der Waals surface area contributed by atoms with Gasteiger partial charge in [0.1, 0.15) is 17.7 Å². The monoisotopic (exact) mass is 811 g/mol. The van der Waals surface area contributed by atoms with E-state index in [0.29, 0.717) is 37.1 Å². The van der Waals surface area contributed by atoms with Crippen LogP contribution in [-0.2, 0) is 31.5 Å². The summed E-state index contributed by atoms with van der Waals surface area (Å²) in [5, 5.41) is 13.5. The first-order valence-electron chi connectivity index (χ1n) is 20.3. The Morgan fingerprint density at radius 1 is 0.821 bits per heavy atom. The highest BCUT2D eigenvalue weighted by Crippen LogP contribution is 2.34. The minimum absolute atomic E-state index is 0.100. The summed E-state index contributed by atoms with van der Waals surface area (Å²) < 4.78 is 75.4. The molecular formula is C41H62F4N5O5P. The van der Waals surface area contributed by atoms with Crippen LogP contribution in [-0.4, -0.2) is 58.2 Å². The maximum atomic E-state index is 14.0. The van der Waals surface area contributed by atoms with Crippen LogP contribution in [0.3, 0.4) is 0 Å². The summed E-state index contributed by atoms with van der Waals surface area (Å²) in [5.74, 6) is -0.0891. The van der Waals surface area contributed by atoms with Crippen molar-refractivity contribution in [3.05, 3.63) is 59.3 Å². The van der Waals surface area contributed by atoms with E-state index in [1.54, 1.807) is 17.7 Å². The maximum Gasteiger partial charge on any atom is 0.389 e. The third-order valence-corrected chi connectivity index (χ3v) is 10.7. The van der Waals surface area contributed by atoms with Crippen molar-refractivity contribution < 1.29 is 41.0 Å². The minimum atomic E-state index is -4.02. The van der Waals surface area contributed by atoms with Crippen LogP contribution in [0, 0.1) is 17.1 Å². The molecule has 3 aromatic rings. The molecule has 10 nitrogen and oxygen atoms in total. The predicted octanol–water partition coefficient (Wildman–Crippen LogP) is 11.1. The van der Waals surface area contributed by atoms with Gasteiger partial charge in [-0.1, -0.05) is 103 Å². The zero-order valence-corrected chi connectivity index (χ0v) is 33.9. The lowest BCUT2D eigenvalue weighted by atomic mass is 10.0. The molecule has 3 atom stereocenters. The van der Waals surface area contributed by atoms with Gasteiger partial charge in [0.05, 0.1) is 43.7 Å². The SMILES string of the molecule is COC(CCc1ccc2c(N)ncnn12)COP(O)OCC(CCCCCCCCCCCCCCCCCCCC(F)(F)F)OCc1cc(F)cc(C#N)c1. The second-order valence-electron chi connectivity index (χ2n) is 14.5. The Morgan fingerprint density at radius 3 is 1.96 bits per heavy atom. The molecule has 56 heavy (non-hydrogen) atoms. The number of anilines is 1. The summed E-state index contributed by atoms with van der Waals surface area (Å²) in [4.78, 5) is 14.6. The Labute approximate surface area is 331 Å². The van der Waals surface area contributed by atoms with E-state index in [1.165, 1.54) is 76.2 Å². The van der Waals surface area contributed by atoms with Crippen LogP contribution < -0.4 is 5.73 Å². The van der Waals surface area contributed by atoms with Crippen molar-refractivity contribution in [3.63, 3.8) is 0 Å². The van der Waals surface area contributed by atoms with Crippen LogP contribution >= 0.6 is 8.60 Å². The number of nitrogens with two attached hydrogens (primary N) is 1. The number of nitriles is 1. The van der Waals surface area contributed by atoms with Gasteiger partial charge in [-0.25, -0.2) is 13.9 Å². The largest absolute Gasteiger partial charge is 0.389 e. The van der Waals surface area contributed by atoms with Crippen LogP contribution in [0.4, 0.5) is 23.4 Å². The van der Waals surface area contributed by atoms with E-state index in [4.69, 9.17) is 24.3 Å². The number of fused-ring (bicyclic) bond motifs is 1. The van der Waals surface area contributed by atoms with E-state index >= 15 is 0 Å². The Balaban J connectivity index is 1.28. The number of aryl methyl sites for hydroxylation is 1. The lowest BCUT2D eigenvalue weighted by Gasteiger charge is -2.21. The van der Waals surface area contributed by atoms with Crippen molar-refractivity contribution in [2.45, 2.75) is 160 Å². The first-order chi connectivity index (χ1) is 27.1. The molecule has 3 rings (SSSR count). The van der Waals surface area contributed by atoms with Gasteiger partial charge >= 0.3 is 14.8 Å². The number of halogens is 4. The maximum absolute atomic E-state index is 14.0. The second kappa shape index (κ2) is 27.7. The summed E-state index contributed by atoms with van der Waals surface area (Å²) in [5.41, 5.74) is 8.41. The normalized spacial score (nSPS) is 13.6. The highest BCUT2D eigenvalue weighted by molar-refractivity contribution is 7.40. The zero-order valence-electron chi connectivity index (χ0n) is 33.0. The average molecular weight is 812 g/mol. The number of hydrogen-bond donors (Lipinski definition) is 2. The third kappa shape index (κ3) is 20.5. The fourth-order valence-corrected chi connectivity index (χ4v) is 7.34. The van der Waals surface area contributed by atoms with Gasteiger partial charge in [0.2, 0.25) is 0 Å². The smallest absolute Gasteiger partial charge is 0.382 e. The standard InChI is InChI=1S/C41H62F4N5O5P/c1-52-37(22-20-36-21-23-39-40(47)48-32-49-50(36)39)30-54-56(51)55-31-38(53-29-34-25-33(28-46)26-35(42)27-34)19-17-15-13-11-9-7-5-3-2-4-6-8-10-12-14-16-18-24-41(43,44)45/h21,23,25-27,32,37-38,51H,2-20,22,24,29-31H2,1H3,(H2,47,48,49). The highest BCUT2D eigenvalue weighted by atomic mass is 31.2. The Kier molecular flexibility index (Phi) is 23.4. The van der Waals surface area contributed by atoms with Crippen LogP contribution in [0.25, 0.3) is 5.52 Å². The number of rotatable bonds is 32. The van der Waals surface area contributed by atoms with E-state index in [2.05, 4.69) is 10.1 Å². The molecule has 0 amide bonds. The van der Waals surface area contributed by atoms with Crippen LogP contribution in [0.1, 0.15) is 145 Å². The van der Waals surface area contributed by atoms with E-state index < -0.39 is 27.0 Å². The summed E-state index contributed by atoms with van der Waals surface area (Å²) in [7, 11) is -0.605. The van der Waals surface area contributed by atoms with Gasteiger partial charge in [0, 0.05) is 19.2 Å². The predicted molar refractivity (Wildman–Crippen MR) is 211 cm³/mol. The van der Waals surface area contributed by atoms with E-state index in [0.717, 1.165) is 49.7 Å². The second-order valence-corrected chi connectivity index (χ2v) is 15.5. The van der Waals surface area contributed by atoms with Crippen LogP contribution in [0.2, 0.25) is 0 Å². The molecule has 0 saturated heterocycles. The fourth-order valence-electron chi connectivity index (χ4n) is 6.68. The van der Waals surface area contributed by atoms with Gasteiger partial charge in [-0.3, -0.25) is 0 Å². The third-order valence-electron chi connectivity index (χ3n) is 9.92. The highest BCUT2D eigenvalue weighted by Gasteiger charge is 2.25. The molecule has 0 spiro atoms. The lowest BCUT2D eigenvalue weighted by Crippen LogP contribution is -2.21. The molecule has 314 valence electrons. The summed E-state index contributed by atoms with van der Waals surface area (Å²) in [6.45, 7) is 0.338. The number of hydrogen-bond acceptors (Lipinski definition) is 9. The average Bonchev–Trinajstić information content (AvgIpc) is 3.60. The number of aromatic nitrogens is 3. The number of unbranched alkanes of at least 4 members (excludes halogenated alkanes) is 16. The van der Waals surface area contributed by atoms with Gasteiger partial charge in [-0.2, -0.15) is 23.5 Å². The van der Waals surface area contributed by atoms with Crippen molar-refractivity contribution in [3.8, 4) is 6.07 Å². The van der Waals surface area contributed by atoms with Crippen molar-refractivity contribution in [1.29, 1.82) is 5.26 Å². The lowest BCUT2D eigenvalue weighted by molar-refractivity contribution is -0.135. The number of ether oxygens (including phenoxy) is 2. The zero-order chi connectivity index (χ0) is 40.4. The number of alkyl halides is 3. The Bertz CT molecular complexity index is 1540. The van der Waals surface area contributed by atoms with Gasteiger partial charge in [-0.15, -0.1) is 0 Å². The van der Waals surface area contributed by atoms with E-state index in [-0.39, 0.29) is 44.0 Å². The molecule has 1 aromatic carbocycles. The van der Waals surface area contributed by atoms with Gasteiger partial charge in [0.15, 0.2) is 5.82 Å². The van der Waals surface area contributed by atoms with Crippen LogP contribution in [0.15, 0.2) is 36.7 Å². The molecule has 0 bridgehead atoms. The number of nitrogens with zero attached hydrogens (tertiary/aromatic N) is 4. The van der Waals surface area contributed by atoms with Gasteiger partial charge in [0.25, 0.3) is 0 Å². The molecule has 3 unspecified atom stereocenters. The Hall–Kier alpha value is -2.92. The molecule has 15 heteroatoms. The molecule has 0 aliphatic heterocycles. The molecule has 0 saturated carbocycles. The van der Waals surface area contributed by atoms with E-state index in [1.807, 2.05) is 18.2 Å². The number of methoxy groups -OCH3 is 1. The topological polar surface area (TPSA) is 137 Å². The minimum Gasteiger partial charge on any atom is -0.382 e. The van der Waals surface area contributed by atoms with Gasteiger partial charge < -0.3 is 29.1 Å². The fraction of sp³-hybridized carbons (Fsp3) is 0.683. The quantitative estimate of drug-likeness (QED) is 0.0358. The van der Waals surface area contributed by atoms with Crippen molar-refractivity contribution in [1.82, 2.24) is 14.6 Å². The first-order valence-corrected chi connectivity index (χ1v) is 21.4. The summed E-state index contributed by atoms with van der Waals surface area (Å²) in [6, 6.07) is 9.92. The van der Waals surface area contributed by atoms with Crippen molar-refractivity contribution in [2.75, 3.05) is 26.1 Å². The molecule has 0 radical (unpaired) electrons.